The van der Waals surface area contributed by atoms with E-state index in [9.17, 15) is 4.79 Å². The van der Waals surface area contributed by atoms with Gasteiger partial charge in [0, 0.05) is 27.8 Å². The highest BCUT2D eigenvalue weighted by Crippen LogP contribution is 2.37. The summed E-state index contributed by atoms with van der Waals surface area (Å²) in [6.45, 7) is 3.75. The van der Waals surface area contributed by atoms with Crippen molar-refractivity contribution >= 4 is 22.4 Å². The van der Waals surface area contributed by atoms with E-state index in [0.29, 0.717) is 0 Å². The quantitative estimate of drug-likeness (QED) is 0.654. The summed E-state index contributed by atoms with van der Waals surface area (Å²) in [5, 5.41) is 4.98. The number of aromatic nitrogens is 1. The summed E-state index contributed by atoms with van der Waals surface area (Å²) in [6.07, 6.45) is 3.41. The average Bonchev–Trinajstić information content (AvgIpc) is 2.94. The summed E-state index contributed by atoms with van der Waals surface area (Å²) in [6, 6.07) is 14.7. The number of rotatable bonds is 3. The highest BCUT2D eigenvalue weighted by atomic mass is 16.1. The molecule has 1 aliphatic rings. The van der Waals surface area contributed by atoms with E-state index in [1.807, 2.05) is 24.3 Å². The molecule has 0 saturated carbocycles. The predicted molar refractivity (Wildman–Crippen MR) is 98.8 cm³/mol. The van der Waals surface area contributed by atoms with Crippen LogP contribution in [0.1, 0.15) is 53.0 Å². The fraction of sp³-hybridized carbons (Fsp3) is 0.286. The summed E-state index contributed by atoms with van der Waals surface area (Å²) in [7, 11) is 0. The number of H-pyrrole nitrogens is 1. The first-order valence-corrected chi connectivity index (χ1v) is 8.60. The maximum atomic E-state index is 11.6. The lowest BCUT2D eigenvalue weighted by atomic mass is 9.91. The Labute approximate surface area is 142 Å². The monoisotopic (exact) mass is 318 g/mol. The first-order chi connectivity index (χ1) is 11.6. The topological polar surface area (TPSA) is 44.9 Å². The molecule has 0 fully saturated rings. The van der Waals surface area contributed by atoms with E-state index >= 15 is 0 Å². The lowest BCUT2D eigenvalue weighted by molar-refractivity contribution is 0.101. The number of nitrogens with one attached hydrogen (secondary N) is 2. The fourth-order valence-electron chi connectivity index (χ4n) is 3.75. The minimum atomic E-state index is 0.101. The van der Waals surface area contributed by atoms with Gasteiger partial charge >= 0.3 is 0 Å². The summed E-state index contributed by atoms with van der Waals surface area (Å²) in [5.41, 5.74) is 7.03. The highest BCUT2D eigenvalue weighted by molar-refractivity contribution is 5.95. The van der Waals surface area contributed by atoms with Gasteiger partial charge in [-0.1, -0.05) is 23.8 Å². The van der Waals surface area contributed by atoms with Crippen LogP contribution in [0.3, 0.4) is 0 Å². The molecule has 4 rings (SSSR count). The summed E-state index contributed by atoms with van der Waals surface area (Å²) < 4.78 is 0. The van der Waals surface area contributed by atoms with Gasteiger partial charge in [0.25, 0.3) is 0 Å². The Morgan fingerprint density at radius 3 is 2.92 bits per heavy atom. The van der Waals surface area contributed by atoms with E-state index in [1.54, 1.807) is 6.92 Å². The second kappa shape index (κ2) is 5.82. The minimum Gasteiger partial charge on any atom is -0.377 e. The summed E-state index contributed by atoms with van der Waals surface area (Å²) in [4.78, 5) is 15.2. The van der Waals surface area contributed by atoms with Crippen LogP contribution in [0.5, 0.6) is 0 Å². The van der Waals surface area contributed by atoms with E-state index in [2.05, 4.69) is 35.4 Å². The normalized spacial score (nSPS) is 16.8. The largest absolute Gasteiger partial charge is 0.377 e. The molecule has 0 spiro atoms. The molecule has 0 aliphatic heterocycles. The molecule has 1 atom stereocenters. The van der Waals surface area contributed by atoms with Crippen LogP contribution >= 0.6 is 0 Å². The van der Waals surface area contributed by atoms with Gasteiger partial charge in [-0.3, -0.25) is 4.79 Å². The zero-order valence-electron chi connectivity index (χ0n) is 14.1. The molecule has 0 amide bonds. The molecule has 3 heteroatoms. The zero-order valence-corrected chi connectivity index (χ0v) is 14.1. The van der Waals surface area contributed by atoms with Crippen LogP contribution in [-0.4, -0.2) is 10.8 Å². The molecule has 2 aromatic carbocycles. The lowest BCUT2D eigenvalue weighted by Gasteiger charge is -2.25. The number of aromatic amines is 1. The Morgan fingerprint density at radius 2 is 2.08 bits per heavy atom. The summed E-state index contributed by atoms with van der Waals surface area (Å²) >= 11 is 0. The SMILES string of the molecule is CC(=O)c1cccc(N[C@H]2CCCc3c2[nH]c2ccc(C)cc32)c1. The molecule has 122 valence electrons. The van der Waals surface area contributed by atoms with Crippen molar-refractivity contribution in [2.45, 2.75) is 39.2 Å². The third kappa shape index (κ3) is 2.60. The molecular weight excluding hydrogens is 296 g/mol. The molecule has 2 N–H and O–H groups in total. The van der Waals surface area contributed by atoms with Crippen molar-refractivity contribution in [2.24, 2.45) is 0 Å². The smallest absolute Gasteiger partial charge is 0.159 e. The molecule has 0 radical (unpaired) electrons. The molecule has 0 unspecified atom stereocenters. The number of aryl methyl sites for hydroxylation is 2. The second-order valence-corrected chi connectivity index (χ2v) is 6.79. The van der Waals surface area contributed by atoms with Crippen molar-refractivity contribution in [1.82, 2.24) is 4.98 Å². The molecule has 3 nitrogen and oxygen atoms in total. The Bertz CT molecular complexity index is 923. The zero-order chi connectivity index (χ0) is 16.7. The molecule has 3 aromatic rings. The van der Waals surface area contributed by atoms with Crippen LogP contribution in [0.15, 0.2) is 42.5 Å². The number of hydrogen-bond acceptors (Lipinski definition) is 2. The van der Waals surface area contributed by atoms with Crippen LogP contribution in [0, 0.1) is 6.92 Å². The number of benzene rings is 2. The van der Waals surface area contributed by atoms with Crippen LogP contribution < -0.4 is 5.32 Å². The number of carbonyl (C=O) groups excluding carboxylic acids is 1. The summed E-state index contributed by atoms with van der Waals surface area (Å²) in [5.74, 6) is 0.101. The van der Waals surface area contributed by atoms with Crippen molar-refractivity contribution in [3.05, 3.63) is 64.8 Å². The minimum absolute atomic E-state index is 0.101. The van der Waals surface area contributed by atoms with Crippen molar-refractivity contribution in [1.29, 1.82) is 0 Å². The van der Waals surface area contributed by atoms with Gasteiger partial charge in [0.1, 0.15) is 0 Å². The van der Waals surface area contributed by atoms with Gasteiger partial charge in [0.2, 0.25) is 0 Å². The van der Waals surface area contributed by atoms with Gasteiger partial charge in [0.15, 0.2) is 5.78 Å². The van der Waals surface area contributed by atoms with Gasteiger partial charge in [-0.15, -0.1) is 0 Å². The van der Waals surface area contributed by atoms with Crippen molar-refractivity contribution < 1.29 is 4.79 Å². The Balaban J connectivity index is 1.70. The molecule has 1 aromatic heterocycles. The maximum Gasteiger partial charge on any atom is 0.159 e. The van der Waals surface area contributed by atoms with Crippen molar-refractivity contribution in [3.8, 4) is 0 Å². The number of hydrogen-bond donors (Lipinski definition) is 2. The number of ketones is 1. The molecule has 1 heterocycles. The van der Waals surface area contributed by atoms with Crippen LogP contribution in [0.25, 0.3) is 10.9 Å². The van der Waals surface area contributed by atoms with E-state index in [-0.39, 0.29) is 11.8 Å². The van der Waals surface area contributed by atoms with Crippen molar-refractivity contribution in [2.75, 3.05) is 5.32 Å². The molecular formula is C21H22N2O. The van der Waals surface area contributed by atoms with Crippen molar-refractivity contribution in [3.63, 3.8) is 0 Å². The maximum absolute atomic E-state index is 11.6. The van der Waals surface area contributed by atoms with Gasteiger partial charge in [0.05, 0.1) is 6.04 Å². The third-order valence-electron chi connectivity index (χ3n) is 4.97. The van der Waals surface area contributed by atoms with E-state index in [4.69, 9.17) is 0 Å². The third-order valence-corrected chi connectivity index (χ3v) is 4.97. The van der Waals surface area contributed by atoms with E-state index in [1.165, 1.54) is 34.1 Å². The lowest BCUT2D eigenvalue weighted by Crippen LogP contribution is -2.17. The number of fused-ring (bicyclic) bond motifs is 3. The second-order valence-electron chi connectivity index (χ2n) is 6.79. The van der Waals surface area contributed by atoms with Crippen LogP contribution in [-0.2, 0) is 6.42 Å². The molecule has 0 saturated heterocycles. The highest BCUT2D eigenvalue weighted by Gasteiger charge is 2.24. The molecule has 1 aliphatic carbocycles. The number of anilines is 1. The molecule has 0 bridgehead atoms. The Hall–Kier alpha value is -2.55. The first kappa shape index (κ1) is 15.0. The van der Waals surface area contributed by atoms with Gasteiger partial charge in [-0.2, -0.15) is 0 Å². The van der Waals surface area contributed by atoms with Crippen LogP contribution in [0.4, 0.5) is 5.69 Å². The predicted octanol–water partition coefficient (Wildman–Crippen LogP) is 5.17. The van der Waals surface area contributed by atoms with E-state index in [0.717, 1.165) is 24.1 Å². The van der Waals surface area contributed by atoms with E-state index < -0.39 is 0 Å². The number of Topliss-reactive ketones (excluding diaryl/α,β-unsaturated/α-hetero) is 1. The number of carbonyl (C=O) groups is 1. The molecule has 24 heavy (non-hydrogen) atoms. The fourth-order valence-corrected chi connectivity index (χ4v) is 3.75. The Morgan fingerprint density at radius 1 is 1.21 bits per heavy atom. The average molecular weight is 318 g/mol. The standard InChI is InChI=1S/C21H22N2O/c1-13-9-10-19-18(11-13)17-7-4-8-20(21(17)23-19)22-16-6-3-5-15(12-16)14(2)24/h3,5-6,9-12,20,22-23H,4,7-8H2,1-2H3/t20-/m0/s1. The van der Waals surface area contributed by atoms with Gasteiger partial charge in [-0.25, -0.2) is 0 Å². The Kier molecular flexibility index (Phi) is 3.64. The van der Waals surface area contributed by atoms with Gasteiger partial charge < -0.3 is 10.3 Å². The van der Waals surface area contributed by atoms with Crippen LogP contribution in [0.2, 0.25) is 0 Å². The van der Waals surface area contributed by atoms with Gasteiger partial charge in [-0.05, 0) is 62.9 Å². The first-order valence-electron chi connectivity index (χ1n) is 8.60.